The van der Waals surface area contributed by atoms with Crippen LogP contribution in [-0.2, 0) is 0 Å². The second kappa shape index (κ2) is 7.25. The number of amides is 1. The number of ether oxygens (including phenoxy) is 2. The number of carbonyl (C=O) groups is 1. The highest BCUT2D eigenvalue weighted by molar-refractivity contribution is 5.97. The SMILES string of the molecule is COc1ccc(C(=O)N2CCCC(n3c(C)cnc3C3CC3)C2)c(OC)c1. The zero-order valence-electron chi connectivity index (χ0n) is 16.3. The Labute approximate surface area is 160 Å². The van der Waals surface area contributed by atoms with Crippen LogP contribution in [0.25, 0.3) is 0 Å². The summed E-state index contributed by atoms with van der Waals surface area (Å²) in [6.07, 6.45) is 6.52. The number of likely N-dealkylation sites (tertiary alicyclic amines) is 1. The second-order valence-electron chi connectivity index (χ2n) is 7.52. The maximum Gasteiger partial charge on any atom is 0.257 e. The Balaban J connectivity index is 1.57. The van der Waals surface area contributed by atoms with E-state index in [-0.39, 0.29) is 5.91 Å². The molecule has 2 fully saturated rings. The number of hydrogen-bond donors (Lipinski definition) is 0. The van der Waals surface area contributed by atoms with Crippen molar-refractivity contribution in [1.29, 1.82) is 0 Å². The van der Waals surface area contributed by atoms with Crippen LogP contribution in [0, 0.1) is 6.92 Å². The van der Waals surface area contributed by atoms with Crippen LogP contribution in [0.4, 0.5) is 0 Å². The summed E-state index contributed by atoms with van der Waals surface area (Å²) >= 11 is 0. The lowest BCUT2D eigenvalue weighted by atomic mass is 10.0. The van der Waals surface area contributed by atoms with Crippen molar-refractivity contribution < 1.29 is 14.3 Å². The number of nitrogens with zero attached hydrogens (tertiary/aromatic N) is 3. The van der Waals surface area contributed by atoms with Crippen molar-refractivity contribution in [3.8, 4) is 11.5 Å². The monoisotopic (exact) mass is 369 g/mol. The van der Waals surface area contributed by atoms with E-state index in [1.807, 2.05) is 17.2 Å². The summed E-state index contributed by atoms with van der Waals surface area (Å²) in [5.41, 5.74) is 1.78. The fraction of sp³-hybridized carbons (Fsp3) is 0.524. The molecule has 1 aromatic heterocycles. The highest BCUT2D eigenvalue weighted by atomic mass is 16.5. The number of carbonyl (C=O) groups excluding carboxylic acids is 1. The van der Waals surface area contributed by atoms with Crippen molar-refractivity contribution in [2.24, 2.45) is 0 Å². The predicted molar refractivity (Wildman–Crippen MR) is 103 cm³/mol. The summed E-state index contributed by atoms with van der Waals surface area (Å²) in [7, 11) is 3.19. The van der Waals surface area contributed by atoms with Gasteiger partial charge in [0.2, 0.25) is 0 Å². The Morgan fingerprint density at radius 1 is 1.19 bits per heavy atom. The first-order valence-corrected chi connectivity index (χ1v) is 9.67. The molecule has 2 aliphatic rings. The van der Waals surface area contributed by atoms with Crippen LogP contribution in [0.2, 0.25) is 0 Å². The van der Waals surface area contributed by atoms with Crippen molar-refractivity contribution in [3.63, 3.8) is 0 Å². The van der Waals surface area contributed by atoms with Gasteiger partial charge in [0.15, 0.2) is 0 Å². The van der Waals surface area contributed by atoms with E-state index in [4.69, 9.17) is 9.47 Å². The molecule has 2 heterocycles. The predicted octanol–water partition coefficient (Wildman–Crippen LogP) is 3.56. The fourth-order valence-corrected chi connectivity index (χ4v) is 4.08. The fourth-order valence-electron chi connectivity index (χ4n) is 4.08. The zero-order valence-corrected chi connectivity index (χ0v) is 16.3. The molecule has 1 atom stereocenters. The molecule has 27 heavy (non-hydrogen) atoms. The number of imidazole rings is 1. The Bertz CT molecular complexity index is 841. The molecular formula is C21H27N3O3. The van der Waals surface area contributed by atoms with E-state index in [9.17, 15) is 4.79 Å². The van der Waals surface area contributed by atoms with Gasteiger partial charge in [0.1, 0.15) is 17.3 Å². The molecule has 0 bridgehead atoms. The molecule has 1 aromatic carbocycles. The lowest BCUT2D eigenvalue weighted by molar-refractivity contribution is 0.0673. The van der Waals surface area contributed by atoms with Gasteiger partial charge in [-0.3, -0.25) is 4.79 Å². The minimum atomic E-state index is 0.0185. The molecule has 1 unspecified atom stereocenters. The quantitative estimate of drug-likeness (QED) is 0.809. The Morgan fingerprint density at radius 2 is 2.00 bits per heavy atom. The van der Waals surface area contributed by atoms with Gasteiger partial charge < -0.3 is 18.9 Å². The van der Waals surface area contributed by atoms with Gasteiger partial charge in [-0.25, -0.2) is 4.98 Å². The first-order valence-electron chi connectivity index (χ1n) is 9.67. The number of benzene rings is 1. The highest BCUT2D eigenvalue weighted by Gasteiger charge is 2.33. The molecule has 1 amide bonds. The van der Waals surface area contributed by atoms with E-state index in [0.717, 1.165) is 19.4 Å². The molecule has 0 spiro atoms. The number of piperidine rings is 1. The maximum atomic E-state index is 13.2. The summed E-state index contributed by atoms with van der Waals surface area (Å²) in [5.74, 6) is 3.06. The van der Waals surface area contributed by atoms with Crippen molar-refractivity contribution in [3.05, 3.63) is 41.5 Å². The van der Waals surface area contributed by atoms with Gasteiger partial charge in [0.05, 0.1) is 25.8 Å². The Morgan fingerprint density at radius 3 is 2.70 bits per heavy atom. The minimum absolute atomic E-state index is 0.0185. The Hall–Kier alpha value is -2.50. The normalized spacial score (nSPS) is 19.8. The lowest BCUT2D eigenvalue weighted by Gasteiger charge is -2.35. The number of aryl methyl sites for hydroxylation is 1. The molecule has 4 rings (SSSR count). The van der Waals surface area contributed by atoms with E-state index in [2.05, 4.69) is 16.5 Å². The third-order valence-corrected chi connectivity index (χ3v) is 5.64. The van der Waals surface area contributed by atoms with Gasteiger partial charge in [-0.2, -0.15) is 0 Å². The number of aromatic nitrogens is 2. The number of rotatable bonds is 5. The molecule has 1 aliphatic carbocycles. The Kier molecular flexibility index (Phi) is 4.81. The van der Waals surface area contributed by atoms with Crippen molar-refractivity contribution in [1.82, 2.24) is 14.5 Å². The molecule has 144 valence electrons. The van der Waals surface area contributed by atoms with Crippen LogP contribution in [0.1, 0.15) is 59.5 Å². The second-order valence-corrected chi connectivity index (χ2v) is 7.52. The van der Waals surface area contributed by atoms with Crippen LogP contribution in [0.5, 0.6) is 11.5 Å². The summed E-state index contributed by atoms with van der Waals surface area (Å²) in [6.45, 7) is 3.61. The van der Waals surface area contributed by atoms with Crippen LogP contribution in [0.3, 0.4) is 0 Å². The third-order valence-electron chi connectivity index (χ3n) is 5.64. The summed E-state index contributed by atoms with van der Waals surface area (Å²) in [5, 5.41) is 0. The molecule has 0 radical (unpaired) electrons. The summed E-state index contributed by atoms with van der Waals surface area (Å²) in [4.78, 5) is 19.8. The summed E-state index contributed by atoms with van der Waals surface area (Å²) < 4.78 is 13.1. The molecule has 2 aromatic rings. The smallest absolute Gasteiger partial charge is 0.257 e. The largest absolute Gasteiger partial charge is 0.497 e. The average Bonchev–Trinajstić information content (AvgIpc) is 3.48. The standard InChI is InChI=1S/C21H27N3O3/c1-14-12-22-20(15-6-7-15)24(14)16-5-4-10-23(13-16)21(25)18-9-8-17(26-2)11-19(18)27-3/h8-9,11-12,15-16H,4-7,10,13H2,1-3H3. The minimum Gasteiger partial charge on any atom is -0.497 e. The molecule has 6 heteroatoms. The molecule has 0 N–H and O–H groups in total. The van der Waals surface area contributed by atoms with Crippen LogP contribution in [-0.4, -0.2) is 47.7 Å². The zero-order chi connectivity index (χ0) is 19.0. The molecule has 1 saturated heterocycles. The summed E-state index contributed by atoms with van der Waals surface area (Å²) in [6, 6.07) is 5.66. The van der Waals surface area contributed by atoms with E-state index in [1.165, 1.54) is 24.4 Å². The van der Waals surface area contributed by atoms with Crippen LogP contribution >= 0.6 is 0 Å². The first-order chi connectivity index (χ1) is 13.1. The van der Waals surface area contributed by atoms with Gasteiger partial charge in [-0.1, -0.05) is 0 Å². The van der Waals surface area contributed by atoms with E-state index < -0.39 is 0 Å². The van der Waals surface area contributed by atoms with Gasteiger partial charge in [-0.15, -0.1) is 0 Å². The van der Waals surface area contributed by atoms with E-state index in [1.54, 1.807) is 26.4 Å². The van der Waals surface area contributed by atoms with Crippen LogP contribution in [0.15, 0.2) is 24.4 Å². The molecule has 6 nitrogen and oxygen atoms in total. The molecule has 1 saturated carbocycles. The third kappa shape index (κ3) is 3.40. The maximum absolute atomic E-state index is 13.2. The number of hydrogen-bond acceptors (Lipinski definition) is 4. The molecule has 1 aliphatic heterocycles. The molecular weight excluding hydrogens is 342 g/mol. The van der Waals surface area contributed by atoms with Gasteiger partial charge in [-0.05, 0) is 44.7 Å². The highest BCUT2D eigenvalue weighted by Crippen LogP contribution is 2.41. The van der Waals surface area contributed by atoms with Gasteiger partial charge in [0.25, 0.3) is 5.91 Å². The van der Waals surface area contributed by atoms with E-state index >= 15 is 0 Å². The average molecular weight is 369 g/mol. The first kappa shape index (κ1) is 17.9. The van der Waals surface area contributed by atoms with Gasteiger partial charge in [0, 0.05) is 37.0 Å². The van der Waals surface area contributed by atoms with Crippen molar-refractivity contribution >= 4 is 5.91 Å². The van der Waals surface area contributed by atoms with E-state index in [0.29, 0.717) is 35.6 Å². The van der Waals surface area contributed by atoms with Crippen molar-refractivity contribution in [2.45, 2.75) is 44.6 Å². The number of methoxy groups -OCH3 is 2. The topological polar surface area (TPSA) is 56.6 Å². The van der Waals surface area contributed by atoms with Crippen molar-refractivity contribution in [2.75, 3.05) is 27.3 Å². The van der Waals surface area contributed by atoms with Gasteiger partial charge >= 0.3 is 0 Å². The lowest BCUT2D eigenvalue weighted by Crippen LogP contribution is -2.41. The van der Waals surface area contributed by atoms with Crippen LogP contribution < -0.4 is 9.47 Å².